The van der Waals surface area contributed by atoms with Crippen LogP contribution in [-0.4, -0.2) is 44.5 Å². The van der Waals surface area contributed by atoms with E-state index in [0.29, 0.717) is 6.42 Å². The Morgan fingerprint density at radius 3 is 1.85 bits per heavy atom. The van der Waals surface area contributed by atoms with Crippen LogP contribution in [0, 0.1) is 11.8 Å². The molecule has 6 heteroatoms. The number of esters is 1. The van der Waals surface area contributed by atoms with Crippen molar-refractivity contribution in [3.63, 3.8) is 0 Å². The Morgan fingerprint density at radius 1 is 0.963 bits per heavy atom. The smallest absolute Gasteiger partial charge is 0.302 e. The molecule has 0 saturated carbocycles. The highest BCUT2D eigenvalue weighted by Crippen LogP contribution is 2.49. The van der Waals surface area contributed by atoms with Gasteiger partial charge in [-0.15, -0.1) is 0 Å². The average Bonchev–Trinajstić information content (AvgIpc) is 2.47. The molecule has 7 atom stereocenters. The van der Waals surface area contributed by atoms with Gasteiger partial charge in [-0.1, -0.05) is 34.6 Å². The lowest BCUT2D eigenvalue weighted by Gasteiger charge is -2.57. The fourth-order valence-electron chi connectivity index (χ4n) is 4.25. The molecule has 0 aliphatic carbocycles. The van der Waals surface area contributed by atoms with Crippen molar-refractivity contribution in [1.82, 2.24) is 0 Å². The first-order valence-electron chi connectivity index (χ1n) is 10.4. The Kier molecular flexibility index (Phi) is 6.58. The van der Waals surface area contributed by atoms with E-state index in [1.165, 1.54) is 6.92 Å². The summed E-state index contributed by atoms with van der Waals surface area (Å²) in [6.07, 6.45) is 1.42. The van der Waals surface area contributed by atoms with Crippen LogP contribution in [0.15, 0.2) is 0 Å². The predicted octanol–water partition coefficient (Wildman–Crippen LogP) is 4.89. The van der Waals surface area contributed by atoms with Gasteiger partial charge in [0.05, 0.1) is 18.3 Å². The molecule has 0 N–H and O–H groups in total. The van der Waals surface area contributed by atoms with Crippen molar-refractivity contribution in [2.45, 2.75) is 117 Å². The van der Waals surface area contributed by atoms with E-state index < -0.39 is 14.1 Å². The Morgan fingerprint density at radius 2 is 1.41 bits per heavy atom. The van der Waals surface area contributed by atoms with Crippen molar-refractivity contribution in [2.24, 2.45) is 11.8 Å². The predicted molar refractivity (Wildman–Crippen MR) is 109 cm³/mol. The van der Waals surface area contributed by atoms with E-state index in [4.69, 9.17) is 18.6 Å². The van der Waals surface area contributed by atoms with Crippen LogP contribution in [0.4, 0.5) is 0 Å². The summed E-state index contributed by atoms with van der Waals surface area (Å²) in [5, 5.41) is 0.147. The third-order valence-corrected chi connectivity index (χ3v) is 11.4. The zero-order valence-electron chi connectivity index (χ0n) is 18.9. The van der Waals surface area contributed by atoms with Crippen LogP contribution in [0.2, 0.25) is 18.1 Å². The molecular formula is C21H40O5Si. The molecule has 0 bridgehead atoms. The highest BCUT2D eigenvalue weighted by atomic mass is 28.4. The molecule has 2 heterocycles. The lowest BCUT2D eigenvalue weighted by atomic mass is 9.75. The fraction of sp³-hybridized carbons (Fsp3) is 0.952. The molecular weight excluding hydrogens is 360 g/mol. The van der Waals surface area contributed by atoms with Crippen LogP contribution in [-0.2, 0) is 23.4 Å². The third-order valence-electron chi connectivity index (χ3n) is 6.85. The largest absolute Gasteiger partial charge is 0.462 e. The lowest BCUT2D eigenvalue weighted by molar-refractivity contribution is -0.378. The van der Waals surface area contributed by atoms with Gasteiger partial charge in [0.1, 0.15) is 6.10 Å². The van der Waals surface area contributed by atoms with Gasteiger partial charge in [0.25, 0.3) is 0 Å². The number of hydrogen-bond acceptors (Lipinski definition) is 5. The van der Waals surface area contributed by atoms with E-state index in [1.807, 2.05) is 6.92 Å². The fourth-order valence-corrected chi connectivity index (χ4v) is 5.66. The summed E-state index contributed by atoms with van der Waals surface area (Å²) in [6, 6.07) is 0. The van der Waals surface area contributed by atoms with Gasteiger partial charge in [-0.2, -0.15) is 0 Å². The Labute approximate surface area is 166 Å². The number of carbonyl (C=O) groups is 1. The molecule has 2 aliphatic rings. The van der Waals surface area contributed by atoms with Gasteiger partial charge in [0, 0.05) is 25.2 Å². The molecule has 0 amide bonds. The van der Waals surface area contributed by atoms with Gasteiger partial charge < -0.3 is 18.6 Å². The minimum atomic E-state index is -1.92. The second-order valence-electron chi connectivity index (χ2n) is 10.2. The summed E-state index contributed by atoms with van der Waals surface area (Å²) >= 11 is 0. The molecule has 1 spiro atoms. The van der Waals surface area contributed by atoms with Gasteiger partial charge >= 0.3 is 5.97 Å². The SMILES string of the molecule is CC(=O)O[C@@H]1C[C@H](C)O[C@@]2(O[C@@H](C)C[C@@H](O[Si](C)(C)C(C)(C)C)[C@@H]2C)[C@@H]1C. The minimum absolute atomic E-state index is 0.0293. The van der Waals surface area contributed by atoms with E-state index in [1.54, 1.807) is 0 Å². The molecule has 0 radical (unpaired) electrons. The molecule has 0 aromatic carbocycles. The van der Waals surface area contributed by atoms with Crippen LogP contribution in [0.25, 0.3) is 0 Å². The lowest BCUT2D eigenvalue weighted by Crippen LogP contribution is -2.65. The maximum Gasteiger partial charge on any atom is 0.302 e. The molecule has 27 heavy (non-hydrogen) atoms. The van der Waals surface area contributed by atoms with Gasteiger partial charge in [-0.05, 0) is 38.4 Å². The molecule has 0 aromatic heterocycles. The van der Waals surface area contributed by atoms with E-state index >= 15 is 0 Å². The summed E-state index contributed by atoms with van der Waals surface area (Å²) in [5.41, 5.74) is 0. The number of rotatable bonds is 3. The second kappa shape index (κ2) is 7.77. The molecule has 5 nitrogen and oxygen atoms in total. The number of ether oxygens (including phenoxy) is 3. The summed E-state index contributed by atoms with van der Waals surface area (Å²) in [5.74, 6) is -1.04. The highest BCUT2D eigenvalue weighted by molar-refractivity contribution is 6.74. The molecule has 2 rings (SSSR count). The van der Waals surface area contributed by atoms with Crippen molar-refractivity contribution < 1.29 is 23.4 Å². The summed E-state index contributed by atoms with van der Waals surface area (Å²) < 4.78 is 25.4. The van der Waals surface area contributed by atoms with Crippen molar-refractivity contribution in [1.29, 1.82) is 0 Å². The highest BCUT2D eigenvalue weighted by Gasteiger charge is 2.58. The summed E-state index contributed by atoms with van der Waals surface area (Å²) in [7, 11) is -1.92. The van der Waals surface area contributed by atoms with Crippen LogP contribution >= 0.6 is 0 Å². The van der Waals surface area contributed by atoms with Crippen molar-refractivity contribution in [3.05, 3.63) is 0 Å². The first-order chi connectivity index (χ1) is 12.2. The molecule has 2 saturated heterocycles. The summed E-state index contributed by atoms with van der Waals surface area (Å²) in [4.78, 5) is 11.6. The zero-order chi connectivity index (χ0) is 20.8. The van der Waals surface area contributed by atoms with Crippen LogP contribution in [0.5, 0.6) is 0 Å². The molecule has 0 unspecified atom stereocenters. The molecule has 2 aliphatic heterocycles. The first-order valence-corrected chi connectivity index (χ1v) is 13.3. The van der Waals surface area contributed by atoms with Crippen LogP contribution in [0.3, 0.4) is 0 Å². The summed E-state index contributed by atoms with van der Waals surface area (Å²) in [6.45, 7) is 21.2. The maximum absolute atomic E-state index is 11.6. The number of hydrogen-bond donors (Lipinski definition) is 0. The van der Waals surface area contributed by atoms with Crippen molar-refractivity contribution in [3.8, 4) is 0 Å². The number of carbonyl (C=O) groups excluding carboxylic acids is 1. The van der Waals surface area contributed by atoms with E-state index in [2.05, 4.69) is 54.6 Å². The average molecular weight is 401 g/mol. The quantitative estimate of drug-likeness (QED) is 0.498. The van der Waals surface area contributed by atoms with Gasteiger partial charge in [0.2, 0.25) is 0 Å². The van der Waals surface area contributed by atoms with Gasteiger partial charge in [-0.3, -0.25) is 4.79 Å². The van der Waals surface area contributed by atoms with Gasteiger partial charge in [-0.25, -0.2) is 0 Å². The van der Waals surface area contributed by atoms with Crippen molar-refractivity contribution in [2.75, 3.05) is 0 Å². The van der Waals surface area contributed by atoms with Crippen LogP contribution in [0.1, 0.15) is 68.2 Å². The standard InChI is InChI=1S/C21H40O5Si/c1-13-11-18(23-17(5)22)15(3)21(24-13)16(4)19(12-14(2)25-21)26-27(9,10)20(6,7)8/h13-16,18-19H,11-12H2,1-10H3/t13-,14-,15+,16-,18+,19+,21+/m0/s1. The minimum Gasteiger partial charge on any atom is -0.462 e. The maximum atomic E-state index is 11.6. The van der Waals surface area contributed by atoms with Gasteiger partial charge in [0.15, 0.2) is 14.1 Å². The molecule has 0 aromatic rings. The second-order valence-corrected chi connectivity index (χ2v) is 14.9. The van der Waals surface area contributed by atoms with Crippen LogP contribution < -0.4 is 0 Å². The van der Waals surface area contributed by atoms with E-state index in [-0.39, 0.29) is 47.3 Å². The Balaban J connectivity index is 2.33. The zero-order valence-corrected chi connectivity index (χ0v) is 19.9. The molecule has 158 valence electrons. The van der Waals surface area contributed by atoms with Crippen molar-refractivity contribution >= 4 is 14.3 Å². The normalized spacial score (nSPS) is 40.8. The third kappa shape index (κ3) is 4.60. The van der Waals surface area contributed by atoms with E-state index in [0.717, 1.165) is 6.42 Å². The Bertz CT molecular complexity index is 539. The topological polar surface area (TPSA) is 54.0 Å². The first kappa shape index (κ1) is 22.9. The Hall–Kier alpha value is -0.433. The van der Waals surface area contributed by atoms with E-state index in [9.17, 15) is 4.79 Å². The molecule has 2 fully saturated rings. The monoisotopic (exact) mass is 400 g/mol.